The molecule has 5 nitrogen and oxygen atoms in total. The van der Waals surface area contributed by atoms with E-state index in [0.29, 0.717) is 23.7 Å². The maximum absolute atomic E-state index is 13.1. The Morgan fingerprint density at radius 1 is 1.11 bits per heavy atom. The van der Waals surface area contributed by atoms with E-state index in [9.17, 15) is 13.2 Å². The first-order valence-electron chi connectivity index (χ1n) is 10.1. The fourth-order valence-corrected chi connectivity index (χ4v) is 6.85. The normalized spacial score (nSPS) is 27.4. The van der Waals surface area contributed by atoms with Gasteiger partial charge in [0.05, 0.1) is 10.6 Å². The van der Waals surface area contributed by atoms with E-state index < -0.39 is 10.0 Å². The molecule has 3 aliphatic rings. The maximum atomic E-state index is 13.1. The predicted octanol–water partition coefficient (Wildman–Crippen LogP) is 3.41. The lowest BCUT2D eigenvalue weighted by molar-refractivity contribution is -0.119. The number of benzene rings is 1. The van der Waals surface area contributed by atoms with Crippen LogP contribution in [-0.4, -0.2) is 26.9 Å². The number of amides is 1. The molecule has 2 heterocycles. The smallest absolute Gasteiger partial charge is 0.240 e. The molecule has 2 atom stereocenters. The molecule has 0 bridgehead atoms. The summed E-state index contributed by atoms with van der Waals surface area (Å²) in [4.78, 5) is 14.4. The van der Waals surface area contributed by atoms with Gasteiger partial charge < -0.3 is 4.90 Å². The summed E-state index contributed by atoms with van der Waals surface area (Å²) in [5, 5.41) is 0. The number of carbonyl (C=O) groups excluding carboxylic acids is 1. The molecule has 0 spiro atoms. The number of nitrogens with one attached hydrogen (secondary N) is 1. The number of sulfonamides is 1. The number of hydrogen-bond acceptors (Lipinski definition) is 3. The molecule has 1 aromatic carbocycles. The van der Waals surface area contributed by atoms with Crippen LogP contribution in [0.3, 0.4) is 0 Å². The standard InChI is InChI=1S/C21H30N2O3S/c1-14-9-17(13-21(2,3)12-14)22-27(25,26)18-10-15-5-4-8-23-19(24)7-6-16(11-18)20(15)23/h10-11,14,17,22H,4-9,12-13H2,1-3H3/t14-,17+/m0/s1. The molecule has 1 N–H and O–H groups in total. The Morgan fingerprint density at radius 2 is 1.81 bits per heavy atom. The van der Waals surface area contributed by atoms with E-state index >= 15 is 0 Å². The van der Waals surface area contributed by atoms with Crippen molar-refractivity contribution in [2.24, 2.45) is 11.3 Å². The Kier molecular flexibility index (Phi) is 4.62. The van der Waals surface area contributed by atoms with Gasteiger partial charge in [-0.05, 0) is 73.1 Å². The third-order valence-electron chi connectivity index (χ3n) is 6.27. The number of rotatable bonds is 3. The van der Waals surface area contributed by atoms with Gasteiger partial charge in [-0.3, -0.25) is 4.79 Å². The molecule has 4 rings (SSSR count). The van der Waals surface area contributed by atoms with Gasteiger partial charge in [0, 0.05) is 19.0 Å². The number of nitrogens with zero attached hydrogens (tertiary/aromatic N) is 1. The third-order valence-corrected chi connectivity index (χ3v) is 7.77. The van der Waals surface area contributed by atoms with Gasteiger partial charge >= 0.3 is 0 Å². The molecule has 0 saturated heterocycles. The largest absolute Gasteiger partial charge is 0.312 e. The molecule has 2 aliphatic heterocycles. The second-order valence-electron chi connectivity index (χ2n) is 9.47. The topological polar surface area (TPSA) is 66.5 Å². The number of anilines is 1. The minimum atomic E-state index is -3.56. The van der Waals surface area contributed by atoms with E-state index in [4.69, 9.17) is 0 Å². The molecular formula is C21H30N2O3S. The third kappa shape index (κ3) is 3.66. The van der Waals surface area contributed by atoms with Crippen LogP contribution in [0.5, 0.6) is 0 Å². The number of hydrogen-bond donors (Lipinski definition) is 1. The summed E-state index contributed by atoms with van der Waals surface area (Å²) in [7, 11) is -3.56. The Balaban J connectivity index is 1.64. The van der Waals surface area contributed by atoms with Gasteiger partial charge in [0.1, 0.15) is 0 Å². The monoisotopic (exact) mass is 390 g/mol. The molecule has 148 valence electrons. The zero-order valence-electron chi connectivity index (χ0n) is 16.5. The summed E-state index contributed by atoms with van der Waals surface area (Å²) >= 11 is 0. The summed E-state index contributed by atoms with van der Waals surface area (Å²) < 4.78 is 29.3. The van der Waals surface area contributed by atoms with Crippen LogP contribution in [0.15, 0.2) is 17.0 Å². The summed E-state index contributed by atoms with van der Waals surface area (Å²) in [6, 6.07) is 3.58. The zero-order chi connectivity index (χ0) is 19.4. The first-order valence-corrected chi connectivity index (χ1v) is 11.6. The van der Waals surface area contributed by atoms with E-state index in [0.717, 1.165) is 55.5 Å². The van der Waals surface area contributed by atoms with E-state index in [1.807, 2.05) is 4.90 Å². The minimum absolute atomic E-state index is 0.0146. The Bertz CT molecular complexity index is 858. The van der Waals surface area contributed by atoms with Gasteiger partial charge in [-0.15, -0.1) is 0 Å². The second-order valence-corrected chi connectivity index (χ2v) is 11.2. The molecule has 1 amide bonds. The lowest BCUT2D eigenvalue weighted by Gasteiger charge is -2.39. The van der Waals surface area contributed by atoms with Crippen molar-refractivity contribution in [1.82, 2.24) is 4.72 Å². The molecule has 27 heavy (non-hydrogen) atoms. The summed E-state index contributed by atoms with van der Waals surface area (Å²) in [6.07, 6.45) is 5.73. The average Bonchev–Trinajstić information content (AvgIpc) is 2.55. The van der Waals surface area contributed by atoms with Crippen molar-refractivity contribution in [3.8, 4) is 0 Å². The van der Waals surface area contributed by atoms with Crippen molar-refractivity contribution in [2.75, 3.05) is 11.4 Å². The fourth-order valence-electron chi connectivity index (χ4n) is 5.50. The number of aryl methyl sites for hydroxylation is 2. The van der Waals surface area contributed by atoms with Crippen LogP contribution in [-0.2, 0) is 27.7 Å². The molecule has 1 aliphatic carbocycles. The second kappa shape index (κ2) is 6.59. The minimum Gasteiger partial charge on any atom is -0.312 e. The van der Waals surface area contributed by atoms with Crippen LogP contribution in [0.1, 0.15) is 64.0 Å². The molecule has 0 unspecified atom stereocenters. The van der Waals surface area contributed by atoms with Crippen LogP contribution in [0, 0.1) is 11.3 Å². The van der Waals surface area contributed by atoms with Crippen LogP contribution >= 0.6 is 0 Å². The van der Waals surface area contributed by atoms with Crippen LogP contribution in [0.25, 0.3) is 0 Å². The molecule has 0 radical (unpaired) electrons. The molecule has 1 aromatic rings. The highest BCUT2D eigenvalue weighted by Gasteiger charge is 2.35. The SMILES string of the molecule is C[C@H]1C[C@@H](NS(=O)(=O)c2cc3c4c(c2)CCC(=O)N4CCC3)CC(C)(C)C1. The van der Waals surface area contributed by atoms with E-state index in [-0.39, 0.29) is 17.4 Å². The van der Waals surface area contributed by atoms with Crippen molar-refractivity contribution in [1.29, 1.82) is 0 Å². The van der Waals surface area contributed by atoms with Crippen LogP contribution in [0.4, 0.5) is 5.69 Å². The highest BCUT2D eigenvalue weighted by molar-refractivity contribution is 7.89. The van der Waals surface area contributed by atoms with Gasteiger partial charge in [-0.25, -0.2) is 13.1 Å². The lowest BCUT2D eigenvalue weighted by atomic mass is 9.71. The van der Waals surface area contributed by atoms with Crippen molar-refractivity contribution < 1.29 is 13.2 Å². The van der Waals surface area contributed by atoms with Crippen LogP contribution < -0.4 is 9.62 Å². The summed E-state index contributed by atoms with van der Waals surface area (Å²) in [5.74, 6) is 0.682. The van der Waals surface area contributed by atoms with E-state index in [1.54, 1.807) is 12.1 Å². The average molecular weight is 391 g/mol. The van der Waals surface area contributed by atoms with Gasteiger partial charge in [0.15, 0.2) is 0 Å². The quantitative estimate of drug-likeness (QED) is 0.860. The zero-order valence-corrected chi connectivity index (χ0v) is 17.4. The molecule has 1 saturated carbocycles. The van der Waals surface area contributed by atoms with E-state index in [2.05, 4.69) is 25.5 Å². The Morgan fingerprint density at radius 3 is 2.52 bits per heavy atom. The van der Waals surface area contributed by atoms with Gasteiger partial charge in [0.25, 0.3) is 0 Å². The lowest BCUT2D eigenvalue weighted by Crippen LogP contribution is -2.43. The molecule has 0 aromatic heterocycles. The summed E-state index contributed by atoms with van der Waals surface area (Å²) in [6.45, 7) is 7.39. The first-order chi connectivity index (χ1) is 12.6. The van der Waals surface area contributed by atoms with E-state index in [1.165, 1.54) is 0 Å². The highest BCUT2D eigenvalue weighted by Crippen LogP contribution is 2.40. The Labute approximate surface area is 162 Å². The summed E-state index contributed by atoms with van der Waals surface area (Å²) in [5.41, 5.74) is 3.14. The van der Waals surface area contributed by atoms with Crippen molar-refractivity contribution in [2.45, 2.75) is 76.7 Å². The van der Waals surface area contributed by atoms with Gasteiger partial charge in [0.2, 0.25) is 15.9 Å². The first kappa shape index (κ1) is 18.9. The maximum Gasteiger partial charge on any atom is 0.240 e. The molecule has 6 heteroatoms. The van der Waals surface area contributed by atoms with Crippen molar-refractivity contribution in [3.05, 3.63) is 23.3 Å². The van der Waals surface area contributed by atoms with Crippen molar-refractivity contribution >= 4 is 21.6 Å². The Hall–Kier alpha value is -1.40. The molecular weight excluding hydrogens is 360 g/mol. The predicted molar refractivity (Wildman–Crippen MR) is 106 cm³/mol. The molecule has 1 fully saturated rings. The van der Waals surface area contributed by atoms with Gasteiger partial charge in [-0.2, -0.15) is 0 Å². The van der Waals surface area contributed by atoms with Crippen molar-refractivity contribution in [3.63, 3.8) is 0 Å². The van der Waals surface area contributed by atoms with Gasteiger partial charge in [-0.1, -0.05) is 20.8 Å². The van der Waals surface area contributed by atoms with Crippen LogP contribution in [0.2, 0.25) is 0 Å². The fraction of sp³-hybridized carbons (Fsp3) is 0.667. The highest BCUT2D eigenvalue weighted by atomic mass is 32.2. The number of carbonyl (C=O) groups is 1.